The molecular formula is C28H34ClN7O2. The molecule has 3 aromatic rings. The molecule has 2 atom stereocenters. The number of piperazine rings is 1. The maximum Gasteiger partial charge on any atom is 0.291 e. The molecule has 1 aliphatic heterocycles. The number of aromatic nitrogens is 4. The second kappa shape index (κ2) is 12.1. The number of carbonyl (C=O) groups excluding carboxylic acids is 1. The maximum atomic E-state index is 13.3. The van der Waals surface area contributed by atoms with Crippen molar-refractivity contribution in [1.29, 1.82) is 0 Å². The molecule has 0 spiro atoms. The van der Waals surface area contributed by atoms with Gasteiger partial charge >= 0.3 is 0 Å². The summed E-state index contributed by atoms with van der Waals surface area (Å²) in [4.78, 5) is 24.4. The first-order valence-electron chi connectivity index (χ1n) is 13.4. The second-order valence-electron chi connectivity index (χ2n) is 10.2. The number of aliphatic hydroxyl groups is 1. The van der Waals surface area contributed by atoms with Crippen LogP contribution in [0.4, 0.5) is 11.6 Å². The number of benzene rings is 1. The van der Waals surface area contributed by atoms with Gasteiger partial charge in [-0.15, -0.1) is 11.6 Å². The van der Waals surface area contributed by atoms with Gasteiger partial charge in [-0.25, -0.2) is 9.97 Å². The Balaban J connectivity index is 1.43. The van der Waals surface area contributed by atoms with E-state index in [4.69, 9.17) is 11.6 Å². The molecule has 1 aliphatic carbocycles. The van der Waals surface area contributed by atoms with Crippen molar-refractivity contribution >= 4 is 40.0 Å². The van der Waals surface area contributed by atoms with Crippen molar-refractivity contribution in [3.63, 3.8) is 0 Å². The van der Waals surface area contributed by atoms with Crippen molar-refractivity contribution in [2.45, 2.75) is 63.5 Å². The Morgan fingerprint density at radius 1 is 1.26 bits per heavy atom. The van der Waals surface area contributed by atoms with Gasteiger partial charge in [0.1, 0.15) is 11.9 Å². The SMILES string of the molecule is CC1CN(C(=O)c2nc(Nc3cc(C4CC4)[nH]n3)c3cc(C#C[C@H](O)CCCCCCl)ccc3n2)CCN1. The number of H-pyrrole nitrogens is 1. The van der Waals surface area contributed by atoms with Crippen LogP contribution in [0.15, 0.2) is 24.3 Å². The van der Waals surface area contributed by atoms with Crippen LogP contribution in [0.3, 0.4) is 0 Å². The summed E-state index contributed by atoms with van der Waals surface area (Å²) in [5, 5.41) is 25.2. The van der Waals surface area contributed by atoms with Gasteiger partial charge in [0.2, 0.25) is 5.82 Å². The predicted molar refractivity (Wildman–Crippen MR) is 149 cm³/mol. The fourth-order valence-corrected chi connectivity index (χ4v) is 4.82. The van der Waals surface area contributed by atoms with E-state index in [2.05, 4.69) is 49.6 Å². The van der Waals surface area contributed by atoms with E-state index in [1.165, 1.54) is 12.8 Å². The first kappa shape index (κ1) is 26.4. The summed E-state index contributed by atoms with van der Waals surface area (Å²) in [6.07, 6.45) is 5.07. The van der Waals surface area contributed by atoms with E-state index in [9.17, 15) is 9.90 Å². The van der Waals surface area contributed by atoms with Crippen molar-refractivity contribution < 1.29 is 9.90 Å². The summed E-state index contributed by atoms with van der Waals surface area (Å²) in [5.41, 5.74) is 2.47. The molecule has 2 aliphatic rings. The Kier molecular flexibility index (Phi) is 8.42. The van der Waals surface area contributed by atoms with Gasteiger partial charge in [-0.1, -0.05) is 18.3 Å². The molecule has 4 N–H and O–H groups in total. The van der Waals surface area contributed by atoms with E-state index in [0.29, 0.717) is 48.5 Å². The number of hydrogen-bond acceptors (Lipinski definition) is 7. The van der Waals surface area contributed by atoms with Crippen LogP contribution < -0.4 is 10.6 Å². The number of nitrogens with one attached hydrogen (secondary N) is 3. The lowest BCUT2D eigenvalue weighted by atomic mass is 10.1. The Morgan fingerprint density at radius 3 is 2.92 bits per heavy atom. The fourth-order valence-electron chi connectivity index (χ4n) is 4.63. The number of alkyl halides is 1. The van der Waals surface area contributed by atoms with Crippen molar-refractivity contribution in [2.24, 2.45) is 0 Å². The van der Waals surface area contributed by atoms with Crippen molar-refractivity contribution in [3.05, 3.63) is 41.3 Å². The Hall–Kier alpha value is -3.19. The number of aliphatic hydroxyl groups excluding tert-OH is 1. The van der Waals surface area contributed by atoms with E-state index in [1.54, 1.807) is 4.90 Å². The molecule has 1 saturated heterocycles. The highest BCUT2D eigenvalue weighted by Gasteiger charge is 2.27. The average Bonchev–Trinajstić information content (AvgIpc) is 3.68. The zero-order chi connectivity index (χ0) is 26.5. The number of fused-ring (bicyclic) bond motifs is 1. The molecule has 5 rings (SSSR count). The molecule has 38 heavy (non-hydrogen) atoms. The standard InChI is InChI=1S/C28H34ClN7O2/c1-18-17-36(14-13-30-18)28(38)27-31-23-11-7-19(6-10-21(37)5-3-2-4-12-29)15-22(23)26(33-27)32-25-16-24(34-35-25)20-8-9-20/h7,11,15-16,18,20-21,30,37H,2-5,8-9,12-14,17H2,1H3,(H2,31,32,33,34,35)/t18?,21-/m1/s1. The number of hydrogen-bond donors (Lipinski definition) is 4. The van der Waals surface area contributed by atoms with Gasteiger partial charge in [0, 0.05) is 60.2 Å². The molecule has 9 nitrogen and oxygen atoms in total. The van der Waals surface area contributed by atoms with E-state index < -0.39 is 6.10 Å². The van der Waals surface area contributed by atoms with Crippen LogP contribution in [-0.2, 0) is 0 Å². The summed E-state index contributed by atoms with van der Waals surface area (Å²) in [7, 11) is 0. The zero-order valence-corrected chi connectivity index (χ0v) is 22.4. The summed E-state index contributed by atoms with van der Waals surface area (Å²) in [5.74, 6) is 8.29. The first-order chi connectivity index (χ1) is 18.5. The molecule has 200 valence electrons. The number of anilines is 2. The molecule has 10 heteroatoms. The number of halogens is 1. The second-order valence-corrected chi connectivity index (χ2v) is 10.5. The molecule has 0 radical (unpaired) electrons. The molecule has 0 bridgehead atoms. The van der Waals surface area contributed by atoms with Crippen molar-refractivity contribution in [1.82, 2.24) is 30.4 Å². The Labute approximate surface area is 227 Å². The van der Waals surface area contributed by atoms with E-state index in [-0.39, 0.29) is 17.8 Å². The average molecular weight is 536 g/mol. The number of rotatable bonds is 9. The minimum Gasteiger partial charge on any atom is -0.380 e. The van der Waals surface area contributed by atoms with E-state index in [0.717, 1.165) is 42.5 Å². The Morgan fingerprint density at radius 2 is 2.13 bits per heavy atom. The molecule has 3 heterocycles. The fraction of sp³-hybridized carbons (Fsp3) is 0.500. The molecule has 1 unspecified atom stereocenters. The van der Waals surface area contributed by atoms with Crippen LogP contribution in [0.5, 0.6) is 0 Å². The Bertz CT molecular complexity index is 1340. The normalized spacial score (nSPS) is 18.2. The maximum absolute atomic E-state index is 13.3. The van der Waals surface area contributed by atoms with Gasteiger partial charge in [-0.05, 0) is 57.2 Å². The molecule has 1 amide bonds. The molecular weight excluding hydrogens is 502 g/mol. The smallest absolute Gasteiger partial charge is 0.291 e. The van der Waals surface area contributed by atoms with Crippen LogP contribution in [0.1, 0.15) is 73.2 Å². The predicted octanol–water partition coefficient (Wildman–Crippen LogP) is 3.92. The van der Waals surface area contributed by atoms with Gasteiger partial charge in [0.15, 0.2) is 5.82 Å². The minimum absolute atomic E-state index is 0.151. The highest BCUT2D eigenvalue weighted by molar-refractivity contribution is 6.17. The lowest BCUT2D eigenvalue weighted by Crippen LogP contribution is -2.51. The summed E-state index contributed by atoms with van der Waals surface area (Å²) < 4.78 is 0. The molecule has 1 saturated carbocycles. The third kappa shape index (κ3) is 6.62. The van der Waals surface area contributed by atoms with Crippen LogP contribution in [0, 0.1) is 11.8 Å². The van der Waals surface area contributed by atoms with Crippen LogP contribution >= 0.6 is 11.6 Å². The third-order valence-electron chi connectivity index (χ3n) is 6.90. The minimum atomic E-state index is -0.693. The lowest BCUT2D eigenvalue weighted by molar-refractivity contribution is 0.0697. The number of carbonyl (C=O) groups is 1. The largest absolute Gasteiger partial charge is 0.380 e. The van der Waals surface area contributed by atoms with Crippen molar-refractivity contribution in [2.75, 3.05) is 30.8 Å². The lowest BCUT2D eigenvalue weighted by Gasteiger charge is -2.31. The van der Waals surface area contributed by atoms with Crippen LogP contribution in [0.25, 0.3) is 10.9 Å². The van der Waals surface area contributed by atoms with Gasteiger partial charge in [-0.2, -0.15) is 5.10 Å². The summed E-state index contributed by atoms with van der Waals surface area (Å²) >= 11 is 5.72. The van der Waals surface area contributed by atoms with Gasteiger partial charge in [0.05, 0.1) is 5.52 Å². The number of amides is 1. The summed E-state index contributed by atoms with van der Waals surface area (Å²) in [6, 6.07) is 7.80. The van der Waals surface area contributed by atoms with Crippen LogP contribution in [0.2, 0.25) is 0 Å². The topological polar surface area (TPSA) is 119 Å². The monoisotopic (exact) mass is 535 g/mol. The molecule has 2 fully saturated rings. The van der Waals surface area contributed by atoms with Gasteiger partial charge < -0.3 is 20.6 Å². The van der Waals surface area contributed by atoms with Gasteiger partial charge in [-0.3, -0.25) is 9.89 Å². The highest BCUT2D eigenvalue weighted by Crippen LogP contribution is 2.39. The highest BCUT2D eigenvalue weighted by atomic mass is 35.5. The quantitative estimate of drug-likeness (QED) is 0.186. The molecule has 2 aromatic heterocycles. The van der Waals surface area contributed by atoms with E-state index in [1.807, 2.05) is 24.3 Å². The third-order valence-corrected chi connectivity index (χ3v) is 7.17. The number of nitrogens with zero attached hydrogens (tertiary/aromatic N) is 4. The zero-order valence-electron chi connectivity index (χ0n) is 21.6. The molecule has 1 aromatic carbocycles. The first-order valence-corrected chi connectivity index (χ1v) is 14.0. The number of aromatic amines is 1. The van der Waals surface area contributed by atoms with E-state index >= 15 is 0 Å². The number of unbranched alkanes of at least 4 members (excludes halogenated alkanes) is 2. The summed E-state index contributed by atoms with van der Waals surface area (Å²) in [6.45, 7) is 4.02. The van der Waals surface area contributed by atoms with Crippen molar-refractivity contribution in [3.8, 4) is 11.8 Å². The van der Waals surface area contributed by atoms with Crippen LogP contribution in [-0.4, -0.2) is 73.7 Å². The van der Waals surface area contributed by atoms with Gasteiger partial charge in [0.25, 0.3) is 5.91 Å².